The Kier molecular flexibility index (Phi) is 7.28. The van der Waals surface area contributed by atoms with Crippen molar-refractivity contribution < 1.29 is 4.79 Å². The van der Waals surface area contributed by atoms with Gasteiger partial charge >= 0.3 is 0 Å². The minimum absolute atomic E-state index is 0.192. The van der Waals surface area contributed by atoms with E-state index in [0.29, 0.717) is 18.5 Å². The number of carbonyl (C=O) groups excluding carboxylic acids is 1. The normalized spacial score (nSPS) is 18.2. The topological polar surface area (TPSA) is 44.4 Å². The van der Waals surface area contributed by atoms with Gasteiger partial charge in [0, 0.05) is 38.1 Å². The van der Waals surface area contributed by atoms with E-state index in [4.69, 9.17) is 0 Å². The van der Waals surface area contributed by atoms with E-state index in [9.17, 15) is 4.79 Å². The zero-order valence-electron chi connectivity index (χ0n) is 12.2. The molecule has 0 aromatic heterocycles. The smallest absolute Gasteiger partial charge is 0.221 e. The zero-order chi connectivity index (χ0) is 13.4. The first-order valence-corrected chi connectivity index (χ1v) is 7.37. The van der Waals surface area contributed by atoms with Crippen molar-refractivity contribution in [2.45, 2.75) is 58.5 Å². The summed E-state index contributed by atoms with van der Waals surface area (Å²) in [6.45, 7) is 10.6. The van der Waals surface area contributed by atoms with Crippen LogP contribution in [0.3, 0.4) is 0 Å². The second-order valence-corrected chi connectivity index (χ2v) is 5.54. The molecule has 1 aliphatic heterocycles. The number of hydrogen-bond donors (Lipinski definition) is 2. The summed E-state index contributed by atoms with van der Waals surface area (Å²) in [4.78, 5) is 14.2. The molecular weight excluding hydrogens is 226 g/mol. The van der Waals surface area contributed by atoms with Crippen molar-refractivity contribution >= 4 is 5.91 Å². The molecule has 0 radical (unpaired) electrons. The largest absolute Gasteiger partial charge is 0.353 e. The third kappa shape index (κ3) is 6.36. The lowest BCUT2D eigenvalue weighted by Crippen LogP contribution is -2.45. The van der Waals surface area contributed by atoms with Gasteiger partial charge < -0.3 is 15.5 Å². The molecule has 0 atom stereocenters. The molecule has 0 aliphatic carbocycles. The van der Waals surface area contributed by atoms with Crippen LogP contribution in [0.2, 0.25) is 0 Å². The fourth-order valence-electron chi connectivity index (χ4n) is 2.39. The molecule has 0 aromatic rings. The van der Waals surface area contributed by atoms with Crippen molar-refractivity contribution in [1.82, 2.24) is 15.5 Å². The van der Waals surface area contributed by atoms with Crippen LogP contribution in [-0.2, 0) is 4.79 Å². The molecule has 1 amide bonds. The molecule has 0 spiro atoms. The number of carbonyl (C=O) groups is 1. The van der Waals surface area contributed by atoms with Crippen molar-refractivity contribution in [1.29, 1.82) is 0 Å². The molecule has 0 aromatic carbocycles. The van der Waals surface area contributed by atoms with Gasteiger partial charge in [0.1, 0.15) is 0 Å². The predicted octanol–water partition coefficient (Wildman–Crippen LogP) is 1.37. The summed E-state index contributed by atoms with van der Waals surface area (Å²) in [7, 11) is 0. The Labute approximate surface area is 111 Å². The van der Waals surface area contributed by atoms with E-state index in [1.54, 1.807) is 0 Å². The Balaban J connectivity index is 2.10. The van der Waals surface area contributed by atoms with Crippen LogP contribution in [0.15, 0.2) is 0 Å². The van der Waals surface area contributed by atoms with Gasteiger partial charge in [-0.2, -0.15) is 0 Å². The fourth-order valence-corrected chi connectivity index (χ4v) is 2.39. The third-order valence-electron chi connectivity index (χ3n) is 3.40. The first-order chi connectivity index (χ1) is 8.61. The Bertz CT molecular complexity index is 235. The first-order valence-electron chi connectivity index (χ1n) is 7.37. The van der Waals surface area contributed by atoms with E-state index < -0.39 is 0 Å². The molecule has 0 unspecified atom stereocenters. The average Bonchev–Trinajstić information content (AvgIpc) is 2.31. The van der Waals surface area contributed by atoms with Gasteiger partial charge in [-0.05, 0) is 25.8 Å². The average molecular weight is 255 g/mol. The Morgan fingerprint density at radius 2 is 2.00 bits per heavy atom. The first kappa shape index (κ1) is 15.4. The zero-order valence-corrected chi connectivity index (χ0v) is 12.2. The van der Waals surface area contributed by atoms with Crippen LogP contribution in [0.1, 0.15) is 46.5 Å². The van der Waals surface area contributed by atoms with Crippen molar-refractivity contribution in [3.63, 3.8) is 0 Å². The van der Waals surface area contributed by atoms with Gasteiger partial charge in [0.05, 0.1) is 0 Å². The maximum atomic E-state index is 11.7. The lowest BCUT2D eigenvalue weighted by Gasteiger charge is -2.32. The highest BCUT2D eigenvalue weighted by Gasteiger charge is 2.19. The quantitative estimate of drug-likeness (QED) is 0.722. The van der Waals surface area contributed by atoms with Crippen LogP contribution >= 0.6 is 0 Å². The number of likely N-dealkylation sites (tertiary alicyclic amines) is 1. The van der Waals surface area contributed by atoms with Crippen molar-refractivity contribution in [3.8, 4) is 0 Å². The molecule has 18 heavy (non-hydrogen) atoms. The minimum atomic E-state index is 0.192. The summed E-state index contributed by atoms with van der Waals surface area (Å²) in [6, 6.07) is 0.847. The van der Waals surface area contributed by atoms with Gasteiger partial charge in [-0.1, -0.05) is 20.8 Å². The molecule has 4 nitrogen and oxygen atoms in total. The number of rotatable bonds is 7. The lowest BCUT2D eigenvalue weighted by atomic mass is 10.0. The lowest BCUT2D eigenvalue weighted by molar-refractivity contribution is -0.122. The van der Waals surface area contributed by atoms with Crippen LogP contribution in [0.25, 0.3) is 0 Å². The Morgan fingerprint density at radius 3 is 2.56 bits per heavy atom. The minimum Gasteiger partial charge on any atom is -0.353 e. The van der Waals surface area contributed by atoms with Gasteiger partial charge in [0.15, 0.2) is 0 Å². The van der Waals surface area contributed by atoms with Crippen LogP contribution < -0.4 is 10.6 Å². The molecule has 4 heteroatoms. The standard InChI is InChI=1S/C14H29N3O/c1-4-9-17-10-6-13(7-11-17)16-14(18)5-8-15-12(2)3/h12-13,15H,4-11H2,1-3H3,(H,16,18). The number of amides is 1. The van der Waals surface area contributed by atoms with Gasteiger partial charge in [-0.15, -0.1) is 0 Å². The Hall–Kier alpha value is -0.610. The van der Waals surface area contributed by atoms with Crippen molar-refractivity contribution in [2.75, 3.05) is 26.2 Å². The van der Waals surface area contributed by atoms with Gasteiger partial charge in [0.25, 0.3) is 0 Å². The second kappa shape index (κ2) is 8.48. The molecule has 2 N–H and O–H groups in total. The van der Waals surface area contributed by atoms with Crippen LogP contribution in [-0.4, -0.2) is 49.1 Å². The van der Waals surface area contributed by atoms with E-state index in [1.165, 1.54) is 13.0 Å². The molecule has 1 aliphatic rings. The van der Waals surface area contributed by atoms with E-state index in [1.807, 2.05) is 0 Å². The van der Waals surface area contributed by atoms with Crippen LogP contribution in [0.5, 0.6) is 0 Å². The summed E-state index contributed by atoms with van der Waals surface area (Å²) in [5.41, 5.74) is 0. The number of hydrogen-bond acceptors (Lipinski definition) is 3. The van der Waals surface area contributed by atoms with Gasteiger partial charge in [0.2, 0.25) is 5.91 Å². The van der Waals surface area contributed by atoms with E-state index >= 15 is 0 Å². The molecular formula is C14H29N3O. The predicted molar refractivity (Wildman–Crippen MR) is 75.7 cm³/mol. The summed E-state index contributed by atoms with van der Waals surface area (Å²) >= 11 is 0. The summed E-state index contributed by atoms with van der Waals surface area (Å²) in [5, 5.41) is 6.42. The monoisotopic (exact) mass is 255 g/mol. The highest BCUT2D eigenvalue weighted by molar-refractivity contribution is 5.76. The molecule has 1 rings (SSSR count). The van der Waals surface area contributed by atoms with Crippen LogP contribution in [0.4, 0.5) is 0 Å². The maximum Gasteiger partial charge on any atom is 0.221 e. The van der Waals surface area contributed by atoms with E-state index in [0.717, 1.165) is 32.5 Å². The van der Waals surface area contributed by atoms with E-state index in [2.05, 4.69) is 36.3 Å². The number of nitrogens with zero attached hydrogens (tertiary/aromatic N) is 1. The SMILES string of the molecule is CCCN1CCC(NC(=O)CCNC(C)C)CC1. The molecule has 1 fully saturated rings. The highest BCUT2D eigenvalue weighted by atomic mass is 16.1. The summed E-state index contributed by atoms with van der Waals surface area (Å²) < 4.78 is 0. The van der Waals surface area contributed by atoms with Crippen molar-refractivity contribution in [3.05, 3.63) is 0 Å². The molecule has 0 bridgehead atoms. The number of piperidine rings is 1. The highest BCUT2D eigenvalue weighted by Crippen LogP contribution is 2.10. The molecule has 1 saturated heterocycles. The summed E-state index contributed by atoms with van der Waals surface area (Å²) in [6.07, 6.45) is 4.01. The summed E-state index contributed by atoms with van der Waals surface area (Å²) in [5.74, 6) is 0.192. The molecule has 106 valence electrons. The van der Waals surface area contributed by atoms with Crippen LogP contribution in [0, 0.1) is 0 Å². The molecule has 0 saturated carbocycles. The van der Waals surface area contributed by atoms with Gasteiger partial charge in [-0.3, -0.25) is 4.79 Å². The Morgan fingerprint density at radius 1 is 1.33 bits per heavy atom. The van der Waals surface area contributed by atoms with Crippen molar-refractivity contribution in [2.24, 2.45) is 0 Å². The maximum absolute atomic E-state index is 11.7. The fraction of sp³-hybridized carbons (Fsp3) is 0.929. The second-order valence-electron chi connectivity index (χ2n) is 5.54. The third-order valence-corrected chi connectivity index (χ3v) is 3.40. The van der Waals surface area contributed by atoms with Gasteiger partial charge in [-0.25, -0.2) is 0 Å². The van der Waals surface area contributed by atoms with E-state index in [-0.39, 0.29) is 5.91 Å². The number of nitrogens with one attached hydrogen (secondary N) is 2. The molecule has 1 heterocycles.